The molecule has 22 heavy (non-hydrogen) atoms. The van der Waals surface area contributed by atoms with E-state index in [1.54, 1.807) is 12.1 Å². The summed E-state index contributed by atoms with van der Waals surface area (Å²) in [4.78, 5) is 12.3. The largest absolute Gasteiger partial charge is 0.479 e. The standard InChI is InChI=1S/C19H21NO2/c1-3-22-19(14-18(21)17-12-8-5-9-13-17)20-15(2)16-10-6-4-7-11-16/h4-15,20H,3H2,1-2H3/b19-14-. The zero-order chi connectivity index (χ0) is 15.8. The average molecular weight is 295 g/mol. The molecular formula is C19H21NO2. The highest BCUT2D eigenvalue weighted by atomic mass is 16.5. The maximum absolute atomic E-state index is 12.3. The van der Waals surface area contributed by atoms with Crippen LogP contribution in [0.4, 0.5) is 0 Å². The third-order valence-corrected chi connectivity index (χ3v) is 3.28. The molecule has 0 aliphatic rings. The van der Waals surface area contributed by atoms with Gasteiger partial charge in [-0.3, -0.25) is 4.79 Å². The van der Waals surface area contributed by atoms with E-state index >= 15 is 0 Å². The minimum Gasteiger partial charge on any atom is -0.479 e. The first-order valence-electron chi connectivity index (χ1n) is 7.46. The van der Waals surface area contributed by atoms with E-state index in [4.69, 9.17) is 4.74 Å². The van der Waals surface area contributed by atoms with Crippen molar-refractivity contribution in [2.75, 3.05) is 6.61 Å². The summed E-state index contributed by atoms with van der Waals surface area (Å²) in [5.74, 6) is 0.421. The predicted octanol–water partition coefficient (Wildman–Crippen LogP) is 4.10. The summed E-state index contributed by atoms with van der Waals surface area (Å²) in [6.07, 6.45) is 1.51. The molecule has 0 heterocycles. The Balaban J connectivity index is 2.12. The Hall–Kier alpha value is -2.55. The lowest BCUT2D eigenvalue weighted by molar-refractivity contribution is 0.103. The number of ether oxygens (including phenoxy) is 1. The molecule has 0 radical (unpaired) electrons. The molecule has 1 unspecified atom stereocenters. The van der Waals surface area contributed by atoms with Crippen LogP contribution in [0.1, 0.15) is 35.8 Å². The highest BCUT2D eigenvalue weighted by Crippen LogP contribution is 2.14. The third kappa shape index (κ3) is 4.48. The minimum atomic E-state index is -0.0724. The van der Waals surface area contributed by atoms with Crippen molar-refractivity contribution in [1.82, 2.24) is 5.32 Å². The van der Waals surface area contributed by atoms with Gasteiger partial charge < -0.3 is 10.1 Å². The predicted molar refractivity (Wildman–Crippen MR) is 88.5 cm³/mol. The number of carbonyl (C=O) groups is 1. The van der Waals surface area contributed by atoms with Gasteiger partial charge in [0, 0.05) is 11.6 Å². The van der Waals surface area contributed by atoms with Gasteiger partial charge in [0.25, 0.3) is 0 Å². The van der Waals surface area contributed by atoms with E-state index < -0.39 is 0 Å². The molecule has 3 heteroatoms. The first kappa shape index (κ1) is 15.8. The van der Waals surface area contributed by atoms with E-state index in [1.807, 2.05) is 62.4 Å². The number of benzene rings is 2. The summed E-state index contributed by atoms with van der Waals surface area (Å²) in [6, 6.07) is 19.3. The van der Waals surface area contributed by atoms with Crippen LogP contribution < -0.4 is 5.32 Å². The zero-order valence-electron chi connectivity index (χ0n) is 13.0. The van der Waals surface area contributed by atoms with Gasteiger partial charge in [-0.15, -0.1) is 0 Å². The van der Waals surface area contributed by atoms with E-state index in [0.29, 0.717) is 18.1 Å². The third-order valence-electron chi connectivity index (χ3n) is 3.28. The van der Waals surface area contributed by atoms with Crippen LogP contribution in [0, 0.1) is 0 Å². The second-order valence-electron chi connectivity index (χ2n) is 4.95. The van der Waals surface area contributed by atoms with Gasteiger partial charge >= 0.3 is 0 Å². The summed E-state index contributed by atoms with van der Waals surface area (Å²) in [5.41, 5.74) is 1.79. The van der Waals surface area contributed by atoms with Gasteiger partial charge in [0.1, 0.15) is 0 Å². The first-order valence-corrected chi connectivity index (χ1v) is 7.46. The van der Waals surface area contributed by atoms with E-state index in [9.17, 15) is 4.79 Å². The Morgan fingerprint density at radius 3 is 2.27 bits per heavy atom. The molecule has 2 rings (SSSR count). The Morgan fingerprint density at radius 2 is 1.68 bits per heavy atom. The summed E-state index contributed by atoms with van der Waals surface area (Å²) < 4.78 is 5.56. The fraction of sp³-hybridized carbons (Fsp3) is 0.211. The number of carbonyl (C=O) groups excluding carboxylic acids is 1. The lowest BCUT2D eigenvalue weighted by Crippen LogP contribution is -2.21. The Morgan fingerprint density at radius 1 is 1.09 bits per heavy atom. The molecular weight excluding hydrogens is 274 g/mol. The summed E-state index contributed by atoms with van der Waals surface area (Å²) in [6.45, 7) is 4.44. The van der Waals surface area contributed by atoms with E-state index in [2.05, 4.69) is 5.32 Å². The summed E-state index contributed by atoms with van der Waals surface area (Å²) >= 11 is 0. The number of nitrogens with one attached hydrogen (secondary N) is 1. The van der Waals surface area contributed by atoms with Crippen LogP contribution in [0.3, 0.4) is 0 Å². The molecule has 0 spiro atoms. The summed E-state index contributed by atoms with van der Waals surface area (Å²) in [7, 11) is 0. The van der Waals surface area contributed by atoms with Crippen molar-refractivity contribution >= 4 is 5.78 Å². The van der Waals surface area contributed by atoms with Crippen molar-refractivity contribution in [3.63, 3.8) is 0 Å². The highest BCUT2D eigenvalue weighted by Gasteiger charge is 2.10. The molecule has 114 valence electrons. The van der Waals surface area contributed by atoms with Crippen molar-refractivity contribution in [2.24, 2.45) is 0 Å². The maximum Gasteiger partial charge on any atom is 0.191 e. The van der Waals surface area contributed by atoms with Gasteiger partial charge in [0.15, 0.2) is 11.7 Å². The highest BCUT2D eigenvalue weighted by molar-refractivity contribution is 6.04. The molecule has 0 saturated heterocycles. The number of hydrogen-bond donors (Lipinski definition) is 1. The van der Waals surface area contributed by atoms with Crippen molar-refractivity contribution in [1.29, 1.82) is 0 Å². The van der Waals surface area contributed by atoms with Crippen LogP contribution in [0.2, 0.25) is 0 Å². The molecule has 0 aliphatic carbocycles. The summed E-state index contributed by atoms with van der Waals surface area (Å²) in [5, 5.41) is 3.25. The molecule has 2 aromatic rings. The molecule has 1 atom stereocenters. The SMILES string of the molecule is CCO/C(=C\C(=O)c1ccccc1)NC(C)c1ccccc1. The number of hydrogen-bond acceptors (Lipinski definition) is 3. The fourth-order valence-electron chi connectivity index (χ4n) is 2.12. The molecule has 0 aromatic heterocycles. The number of allylic oxidation sites excluding steroid dienone is 1. The van der Waals surface area contributed by atoms with Crippen LogP contribution in [-0.2, 0) is 4.74 Å². The lowest BCUT2D eigenvalue weighted by Gasteiger charge is -2.18. The normalized spacial score (nSPS) is 12.5. The van der Waals surface area contributed by atoms with Crippen LogP contribution in [0.15, 0.2) is 72.6 Å². The molecule has 2 aromatic carbocycles. The average Bonchev–Trinajstić information content (AvgIpc) is 2.56. The second-order valence-corrected chi connectivity index (χ2v) is 4.95. The first-order chi connectivity index (χ1) is 10.7. The van der Waals surface area contributed by atoms with Crippen molar-refractivity contribution in [3.05, 3.63) is 83.7 Å². The smallest absolute Gasteiger partial charge is 0.191 e. The molecule has 3 nitrogen and oxygen atoms in total. The van der Waals surface area contributed by atoms with Gasteiger partial charge in [-0.05, 0) is 19.4 Å². The van der Waals surface area contributed by atoms with Gasteiger partial charge in [-0.2, -0.15) is 0 Å². The topological polar surface area (TPSA) is 38.3 Å². The van der Waals surface area contributed by atoms with Crippen LogP contribution in [0.25, 0.3) is 0 Å². The molecule has 0 amide bonds. The van der Waals surface area contributed by atoms with Crippen LogP contribution in [0.5, 0.6) is 0 Å². The van der Waals surface area contributed by atoms with Gasteiger partial charge in [0.2, 0.25) is 0 Å². The van der Waals surface area contributed by atoms with E-state index in [0.717, 1.165) is 5.56 Å². The number of rotatable bonds is 7. The minimum absolute atomic E-state index is 0.0579. The van der Waals surface area contributed by atoms with Crippen molar-refractivity contribution in [2.45, 2.75) is 19.9 Å². The molecule has 0 bridgehead atoms. The van der Waals surface area contributed by atoms with Crippen LogP contribution >= 0.6 is 0 Å². The quantitative estimate of drug-likeness (QED) is 0.475. The Labute approximate surface area is 131 Å². The molecule has 0 fully saturated rings. The van der Waals surface area contributed by atoms with Crippen molar-refractivity contribution < 1.29 is 9.53 Å². The van der Waals surface area contributed by atoms with E-state index in [1.165, 1.54) is 6.08 Å². The molecule has 1 N–H and O–H groups in total. The fourth-order valence-corrected chi connectivity index (χ4v) is 2.12. The Kier molecular flexibility index (Phi) is 5.78. The van der Waals surface area contributed by atoms with Crippen molar-refractivity contribution in [3.8, 4) is 0 Å². The lowest BCUT2D eigenvalue weighted by atomic mass is 10.1. The number of ketones is 1. The second kappa shape index (κ2) is 8.03. The Bertz CT molecular complexity index is 620. The van der Waals surface area contributed by atoms with Gasteiger partial charge in [-0.25, -0.2) is 0 Å². The molecule has 0 aliphatic heterocycles. The molecule has 0 saturated carbocycles. The zero-order valence-corrected chi connectivity index (χ0v) is 13.0. The van der Waals surface area contributed by atoms with E-state index in [-0.39, 0.29) is 11.8 Å². The monoisotopic (exact) mass is 295 g/mol. The van der Waals surface area contributed by atoms with Gasteiger partial charge in [0.05, 0.1) is 12.6 Å². The van der Waals surface area contributed by atoms with Gasteiger partial charge in [-0.1, -0.05) is 60.7 Å². The maximum atomic E-state index is 12.3. The van der Waals surface area contributed by atoms with Crippen LogP contribution in [-0.4, -0.2) is 12.4 Å².